The summed E-state index contributed by atoms with van der Waals surface area (Å²) >= 11 is 3.52. The van der Waals surface area contributed by atoms with Crippen LogP contribution in [-0.4, -0.2) is 23.6 Å². The average Bonchev–Trinajstić information content (AvgIpc) is 2.46. The molecule has 0 amide bonds. The second kappa shape index (κ2) is 8.27. The van der Waals surface area contributed by atoms with Gasteiger partial charge in [0.1, 0.15) is 0 Å². The standard InChI is InChI=1S/C16H26BrN3O/c1-5-13(6-2)20(10-11(3)4)15-9-12(17)7-8-14(15)16(18)19-21/h7-9,11,13,21H,5-6,10H2,1-4H3,(H2,18,19). The van der Waals surface area contributed by atoms with Crippen LogP contribution < -0.4 is 10.6 Å². The quantitative estimate of drug-likeness (QED) is 0.333. The molecule has 0 aliphatic carbocycles. The molecule has 0 saturated carbocycles. The van der Waals surface area contributed by atoms with Crippen LogP contribution in [0.25, 0.3) is 0 Å². The van der Waals surface area contributed by atoms with Gasteiger partial charge in [-0.25, -0.2) is 0 Å². The Labute approximate surface area is 136 Å². The highest BCUT2D eigenvalue weighted by Gasteiger charge is 2.21. The molecule has 0 fully saturated rings. The Morgan fingerprint density at radius 2 is 1.95 bits per heavy atom. The first-order valence-corrected chi connectivity index (χ1v) is 8.27. The number of nitrogens with zero attached hydrogens (tertiary/aromatic N) is 2. The van der Waals surface area contributed by atoms with Crippen LogP contribution in [0, 0.1) is 5.92 Å². The van der Waals surface area contributed by atoms with Gasteiger partial charge in [0.25, 0.3) is 0 Å². The zero-order valence-corrected chi connectivity index (χ0v) is 14.9. The van der Waals surface area contributed by atoms with Crippen LogP contribution in [-0.2, 0) is 0 Å². The van der Waals surface area contributed by atoms with Gasteiger partial charge < -0.3 is 15.8 Å². The van der Waals surface area contributed by atoms with Gasteiger partial charge in [0.05, 0.1) is 0 Å². The van der Waals surface area contributed by atoms with Crippen molar-refractivity contribution in [1.82, 2.24) is 0 Å². The van der Waals surface area contributed by atoms with Crippen LogP contribution in [0.15, 0.2) is 27.8 Å². The Bertz CT molecular complexity index is 484. The van der Waals surface area contributed by atoms with Crippen molar-refractivity contribution in [3.8, 4) is 0 Å². The predicted octanol–water partition coefficient (Wildman–Crippen LogP) is 4.19. The van der Waals surface area contributed by atoms with Gasteiger partial charge in [-0.2, -0.15) is 0 Å². The third kappa shape index (κ3) is 4.63. The highest BCUT2D eigenvalue weighted by Crippen LogP contribution is 2.29. The molecule has 1 aromatic carbocycles. The summed E-state index contributed by atoms with van der Waals surface area (Å²) in [4.78, 5) is 2.38. The lowest BCUT2D eigenvalue weighted by molar-refractivity contribution is 0.318. The van der Waals surface area contributed by atoms with Gasteiger partial charge in [0.2, 0.25) is 0 Å². The molecule has 0 aliphatic rings. The molecule has 0 bridgehead atoms. The number of hydrogen-bond donors (Lipinski definition) is 2. The lowest BCUT2D eigenvalue weighted by Crippen LogP contribution is -2.38. The van der Waals surface area contributed by atoms with Crippen LogP contribution in [0.1, 0.15) is 46.1 Å². The lowest BCUT2D eigenvalue weighted by Gasteiger charge is -2.35. The van der Waals surface area contributed by atoms with Gasteiger partial charge in [-0.1, -0.05) is 48.8 Å². The molecule has 0 unspecified atom stereocenters. The van der Waals surface area contributed by atoms with E-state index in [2.05, 4.69) is 53.7 Å². The van der Waals surface area contributed by atoms with Crippen molar-refractivity contribution in [2.45, 2.75) is 46.6 Å². The molecule has 21 heavy (non-hydrogen) atoms. The van der Waals surface area contributed by atoms with E-state index in [4.69, 9.17) is 10.9 Å². The summed E-state index contributed by atoms with van der Waals surface area (Å²) in [5, 5.41) is 12.2. The van der Waals surface area contributed by atoms with E-state index in [0.717, 1.165) is 35.1 Å². The molecular weight excluding hydrogens is 330 g/mol. The first-order valence-electron chi connectivity index (χ1n) is 7.48. The van der Waals surface area contributed by atoms with Crippen LogP contribution in [0.4, 0.5) is 5.69 Å². The Morgan fingerprint density at radius 3 is 2.43 bits per heavy atom. The molecule has 0 aliphatic heterocycles. The maximum atomic E-state index is 9.03. The molecule has 1 rings (SSSR count). The largest absolute Gasteiger partial charge is 0.409 e. The number of oxime groups is 1. The van der Waals surface area contributed by atoms with Gasteiger partial charge in [0.15, 0.2) is 5.84 Å². The van der Waals surface area contributed by atoms with Crippen molar-refractivity contribution in [3.05, 3.63) is 28.2 Å². The van der Waals surface area contributed by atoms with E-state index in [0.29, 0.717) is 12.0 Å². The molecule has 4 nitrogen and oxygen atoms in total. The van der Waals surface area contributed by atoms with Crippen molar-refractivity contribution in [1.29, 1.82) is 0 Å². The fourth-order valence-electron chi connectivity index (χ4n) is 2.58. The first kappa shape index (κ1) is 17.8. The Kier molecular flexibility index (Phi) is 7.02. The van der Waals surface area contributed by atoms with Crippen molar-refractivity contribution in [2.75, 3.05) is 11.4 Å². The van der Waals surface area contributed by atoms with E-state index in [1.165, 1.54) is 0 Å². The molecule has 1 aromatic rings. The minimum Gasteiger partial charge on any atom is -0.409 e. The molecule has 0 spiro atoms. The van der Waals surface area contributed by atoms with Gasteiger partial charge in [-0.3, -0.25) is 0 Å². The Morgan fingerprint density at radius 1 is 1.33 bits per heavy atom. The first-order chi connectivity index (χ1) is 9.94. The zero-order valence-electron chi connectivity index (χ0n) is 13.3. The highest BCUT2D eigenvalue weighted by molar-refractivity contribution is 9.10. The summed E-state index contributed by atoms with van der Waals surface area (Å²) in [5.74, 6) is 0.682. The summed E-state index contributed by atoms with van der Waals surface area (Å²) in [6, 6.07) is 6.29. The molecule has 0 saturated heterocycles. The maximum Gasteiger partial charge on any atom is 0.172 e. The summed E-state index contributed by atoms with van der Waals surface area (Å²) < 4.78 is 0.992. The van der Waals surface area contributed by atoms with E-state index >= 15 is 0 Å². The third-order valence-corrected chi connectivity index (χ3v) is 4.09. The third-order valence-electron chi connectivity index (χ3n) is 3.60. The number of halogens is 1. The van der Waals surface area contributed by atoms with Crippen LogP contribution in [0.5, 0.6) is 0 Å². The van der Waals surface area contributed by atoms with Gasteiger partial charge in [0, 0.05) is 28.3 Å². The summed E-state index contributed by atoms with van der Waals surface area (Å²) in [7, 11) is 0. The second-order valence-corrected chi connectivity index (χ2v) is 6.58. The molecule has 118 valence electrons. The van der Waals surface area contributed by atoms with E-state index < -0.39 is 0 Å². The molecule has 3 N–H and O–H groups in total. The number of hydrogen-bond acceptors (Lipinski definition) is 3. The molecule has 0 heterocycles. The number of anilines is 1. The summed E-state index contributed by atoms with van der Waals surface area (Å²) in [6.07, 6.45) is 2.12. The SMILES string of the molecule is CCC(CC)N(CC(C)C)c1cc(Br)ccc1/C(N)=N/O. The fraction of sp³-hybridized carbons (Fsp3) is 0.562. The second-order valence-electron chi connectivity index (χ2n) is 5.66. The summed E-state index contributed by atoms with van der Waals surface area (Å²) in [5.41, 5.74) is 7.64. The Balaban J connectivity index is 3.37. The minimum absolute atomic E-state index is 0.150. The van der Waals surface area contributed by atoms with E-state index in [9.17, 15) is 0 Å². The zero-order chi connectivity index (χ0) is 16.0. The van der Waals surface area contributed by atoms with Gasteiger partial charge >= 0.3 is 0 Å². The smallest absolute Gasteiger partial charge is 0.172 e. The lowest BCUT2D eigenvalue weighted by atomic mass is 10.0. The summed E-state index contributed by atoms with van der Waals surface area (Å²) in [6.45, 7) is 9.74. The number of rotatable bonds is 7. The van der Waals surface area contributed by atoms with Crippen LogP contribution in [0.2, 0.25) is 0 Å². The van der Waals surface area contributed by atoms with Crippen molar-refractivity contribution in [3.63, 3.8) is 0 Å². The topological polar surface area (TPSA) is 61.8 Å². The van der Waals surface area contributed by atoms with Crippen LogP contribution in [0.3, 0.4) is 0 Å². The van der Waals surface area contributed by atoms with E-state index in [1.807, 2.05) is 18.2 Å². The van der Waals surface area contributed by atoms with Crippen molar-refractivity contribution >= 4 is 27.5 Å². The molecule has 0 atom stereocenters. The monoisotopic (exact) mass is 355 g/mol. The fourth-order valence-corrected chi connectivity index (χ4v) is 2.93. The number of benzene rings is 1. The van der Waals surface area contributed by atoms with Gasteiger partial charge in [-0.05, 0) is 37.0 Å². The minimum atomic E-state index is 0.150. The predicted molar refractivity (Wildman–Crippen MR) is 93.2 cm³/mol. The number of amidine groups is 1. The average molecular weight is 356 g/mol. The van der Waals surface area contributed by atoms with E-state index in [-0.39, 0.29) is 5.84 Å². The van der Waals surface area contributed by atoms with E-state index in [1.54, 1.807) is 0 Å². The van der Waals surface area contributed by atoms with Crippen molar-refractivity contribution < 1.29 is 5.21 Å². The molecule has 0 radical (unpaired) electrons. The number of nitrogens with two attached hydrogens (primary N) is 1. The normalized spacial score (nSPS) is 12.2. The molecule has 5 heteroatoms. The van der Waals surface area contributed by atoms with Crippen molar-refractivity contribution in [2.24, 2.45) is 16.8 Å². The molecular formula is C16H26BrN3O. The highest BCUT2D eigenvalue weighted by atomic mass is 79.9. The Hall–Kier alpha value is -1.23. The molecule has 0 aromatic heterocycles. The van der Waals surface area contributed by atoms with Gasteiger partial charge in [-0.15, -0.1) is 0 Å². The maximum absolute atomic E-state index is 9.03. The van der Waals surface area contributed by atoms with Crippen LogP contribution >= 0.6 is 15.9 Å².